The SMILES string of the molecule is CCCCCCCCCCCCCCCCCC.c1ccncc1. The molecule has 140 valence electrons. The van der Waals surface area contributed by atoms with Crippen LogP contribution in [0.1, 0.15) is 117 Å². The maximum atomic E-state index is 3.78. The predicted molar refractivity (Wildman–Crippen MR) is 109 cm³/mol. The maximum absolute atomic E-state index is 3.78. The zero-order chi connectivity index (χ0) is 17.6. The summed E-state index contributed by atoms with van der Waals surface area (Å²) in [6, 6.07) is 5.72. The van der Waals surface area contributed by atoms with E-state index in [4.69, 9.17) is 0 Å². The van der Waals surface area contributed by atoms with Crippen molar-refractivity contribution in [2.45, 2.75) is 117 Å². The minimum absolute atomic E-state index is 1.37. The zero-order valence-electron chi connectivity index (χ0n) is 16.6. The van der Waals surface area contributed by atoms with Crippen molar-refractivity contribution in [1.82, 2.24) is 4.98 Å². The molecule has 0 atom stereocenters. The second-order valence-corrected chi connectivity index (χ2v) is 6.97. The summed E-state index contributed by atoms with van der Waals surface area (Å²) in [5.74, 6) is 0. The number of rotatable bonds is 15. The molecule has 0 aliphatic carbocycles. The van der Waals surface area contributed by atoms with Gasteiger partial charge in [0.05, 0.1) is 0 Å². The van der Waals surface area contributed by atoms with Crippen molar-refractivity contribution < 1.29 is 0 Å². The van der Waals surface area contributed by atoms with Gasteiger partial charge in [0, 0.05) is 12.4 Å². The molecule has 0 spiro atoms. The first kappa shape index (κ1) is 23.1. The summed E-state index contributed by atoms with van der Waals surface area (Å²) < 4.78 is 0. The summed E-state index contributed by atoms with van der Waals surface area (Å²) in [6.07, 6.45) is 26.9. The Hall–Kier alpha value is -0.850. The van der Waals surface area contributed by atoms with E-state index in [1.54, 1.807) is 12.4 Å². The first-order chi connectivity index (χ1) is 11.9. The fourth-order valence-electron chi connectivity index (χ4n) is 2.93. The van der Waals surface area contributed by atoms with E-state index in [1.807, 2.05) is 18.2 Å². The highest BCUT2D eigenvalue weighted by atomic mass is 14.6. The molecule has 1 rings (SSSR count). The van der Waals surface area contributed by atoms with E-state index in [0.717, 1.165) is 0 Å². The smallest absolute Gasteiger partial charge is 0.0267 e. The van der Waals surface area contributed by atoms with Crippen molar-refractivity contribution in [3.05, 3.63) is 30.6 Å². The van der Waals surface area contributed by atoms with Crippen LogP contribution in [0.4, 0.5) is 0 Å². The molecule has 0 unspecified atom stereocenters. The largest absolute Gasteiger partial charge is 0.265 e. The van der Waals surface area contributed by atoms with Crippen molar-refractivity contribution in [3.8, 4) is 0 Å². The summed E-state index contributed by atoms with van der Waals surface area (Å²) >= 11 is 0. The maximum Gasteiger partial charge on any atom is 0.0267 e. The van der Waals surface area contributed by atoms with E-state index < -0.39 is 0 Å². The highest BCUT2D eigenvalue weighted by molar-refractivity contribution is 4.88. The number of hydrogen-bond donors (Lipinski definition) is 0. The molecule has 1 aromatic heterocycles. The van der Waals surface area contributed by atoms with Crippen LogP contribution >= 0.6 is 0 Å². The minimum atomic E-state index is 1.37. The molecule has 0 aliphatic rings. The molecule has 1 heteroatoms. The van der Waals surface area contributed by atoms with E-state index in [1.165, 1.54) is 103 Å². The van der Waals surface area contributed by atoms with E-state index in [2.05, 4.69) is 18.8 Å². The van der Waals surface area contributed by atoms with E-state index in [0.29, 0.717) is 0 Å². The quantitative estimate of drug-likeness (QED) is 0.294. The molecular formula is C23H43N. The van der Waals surface area contributed by atoms with Crippen molar-refractivity contribution in [2.75, 3.05) is 0 Å². The van der Waals surface area contributed by atoms with Crippen molar-refractivity contribution in [1.29, 1.82) is 0 Å². The molecule has 0 bridgehead atoms. The van der Waals surface area contributed by atoms with Gasteiger partial charge in [-0.05, 0) is 12.1 Å². The third-order valence-electron chi connectivity index (χ3n) is 4.52. The third kappa shape index (κ3) is 21.1. The van der Waals surface area contributed by atoms with E-state index in [-0.39, 0.29) is 0 Å². The van der Waals surface area contributed by atoms with Crippen LogP contribution in [0.5, 0.6) is 0 Å². The van der Waals surface area contributed by atoms with Gasteiger partial charge in [0.2, 0.25) is 0 Å². The van der Waals surface area contributed by atoms with Crippen LogP contribution in [-0.4, -0.2) is 4.98 Å². The van der Waals surface area contributed by atoms with Crippen molar-refractivity contribution in [2.24, 2.45) is 0 Å². The fourth-order valence-corrected chi connectivity index (χ4v) is 2.93. The van der Waals surface area contributed by atoms with Crippen LogP contribution < -0.4 is 0 Å². The Morgan fingerprint density at radius 3 is 0.875 bits per heavy atom. The topological polar surface area (TPSA) is 12.9 Å². The number of nitrogens with zero attached hydrogens (tertiary/aromatic N) is 1. The normalized spacial score (nSPS) is 10.2. The van der Waals surface area contributed by atoms with Crippen LogP contribution in [0.2, 0.25) is 0 Å². The van der Waals surface area contributed by atoms with Crippen LogP contribution in [0.15, 0.2) is 30.6 Å². The molecule has 0 radical (unpaired) electrons. The standard InChI is InChI=1S/C18H38.C5H5N/c1-3-5-7-9-11-13-15-17-18-16-14-12-10-8-6-4-2;1-2-4-6-5-3-1/h3-18H2,1-2H3;1-5H. The Morgan fingerprint density at radius 2 is 0.708 bits per heavy atom. The third-order valence-corrected chi connectivity index (χ3v) is 4.52. The van der Waals surface area contributed by atoms with Crippen LogP contribution in [0, 0.1) is 0 Å². The number of unbranched alkanes of at least 4 members (excludes halogenated alkanes) is 15. The average molecular weight is 334 g/mol. The molecule has 0 saturated carbocycles. The van der Waals surface area contributed by atoms with Gasteiger partial charge in [-0.3, -0.25) is 4.98 Å². The monoisotopic (exact) mass is 333 g/mol. The zero-order valence-corrected chi connectivity index (χ0v) is 16.6. The Bertz CT molecular complexity index is 253. The highest BCUT2D eigenvalue weighted by Gasteiger charge is 1.93. The van der Waals surface area contributed by atoms with Gasteiger partial charge >= 0.3 is 0 Å². The predicted octanol–water partition coefficient (Wildman–Crippen LogP) is 8.35. The molecule has 0 fully saturated rings. The molecule has 0 N–H and O–H groups in total. The van der Waals surface area contributed by atoms with Crippen molar-refractivity contribution >= 4 is 0 Å². The molecule has 1 aromatic rings. The Labute approximate surface area is 152 Å². The lowest BCUT2D eigenvalue weighted by Gasteiger charge is -2.03. The Morgan fingerprint density at radius 1 is 0.417 bits per heavy atom. The summed E-state index contributed by atoms with van der Waals surface area (Å²) in [5, 5.41) is 0. The molecule has 0 aliphatic heterocycles. The highest BCUT2D eigenvalue weighted by Crippen LogP contribution is 2.13. The Kier molecular flexibility index (Phi) is 21.4. The number of pyridine rings is 1. The number of hydrogen-bond acceptors (Lipinski definition) is 1. The number of aromatic nitrogens is 1. The lowest BCUT2D eigenvalue weighted by molar-refractivity contribution is 0.531. The average Bonchev–Trinajstić information content (AvgIpc) is 2.64. The first-order valence-corrected chi connectivity index (χ1v) is 10.8. The van der Waals surface area contributed by atoms with Gasteiger partial charge < -0.3 is 0 Å². The summed E-state index contributed by atoms with van der Waals surface area (Å²) in [4.78, 5) is 3.78. The van der Waals surface area contributed by atoms with Gasteiger partial charge in [0.25, 0.3) is 0 Å². The van der Waals surface area contributed by atoms with Gasteiger partial charge in [0.15, 0.2) is 0 Å². The summed E-state index contributed by atoms with van der Waals surface area (Å²) in [7, 11) is 0. The van der Waals surface area contributed by atoms with Gasteiger partial charge in [-0.25, -0.2) is 0 Å². The molecule has 1 heterocycles. The van der Waals surface area contributed by atoms with E-state index in [9.17, 15) is 0 Å². The van der Waals surface area contributed by atoms with Gasteiger partial charge in [-0.1, -0.05) is 123 Å². The van der Waals surface area contributed by atoms with E-state index >= 15 is 0 Å². The van der Waals surface area contributed by atoms with Crippen LogP contribution in [0.3, 0.4) is 0 Å². The fraction of sp³-hybridized carbons (Fsp3) is 0.783. The molecule has 0 amide bonds. The lowest BCUT2D eigenvalue weighted by atomic mass is 10.0. The van der Waals surface area contributed by atoms with Gasteiger partial charge in [-0.15, -0.1) is 0 Å². The molecule has 0 saturated heterocycles. The Balaban J connectivity index is 0.000000728. The second-order valence-electron chi connectivity index (χ2n) is 6.97. The lowest BCUT2D eigenvalue weighted by Crippen LogP contribution is -1.83. The van der Waals surface area contributed by atoms with Gasteiger partial charge in [-0.2, -0.15) is 0 Å². The first-order valence-electron chi connectivity index (χ1n) is 10.8. The minimum Gasteiger partial charge on any atom is -0.265 e. The van der Waals surface area contributed by atoms with Crippen LogP contribution in [-0.2, 0) is 0 Å². The van der Waals surface area contributed by atoms with Crippen LogP contribution in [0.25, 0.3) is 0 Å². The van der Waals surface area contributed by atoms with Gasteiger partial charge in [0.1, 0.15) is 0 Å². The second kappa shape index (κ2) is 22.1. The summed E-state index contributed by atoms with van der Waals surface area (Å²) in [6.45, 7) is 4.59. The molecule has 24 heavy (non-hydrogen) atoms. The molecular weight excluding hydrogens is 290 g/mol. The summed E-state index contributed by atoms with van der Waals surface area (Å²) in [5.41, 5.74) is 0. The van der Waals surface area contributed by atoms with Crippen molar-refractivity contribution in [3.63, 3.8) is 0 Å². The molecule has 1 nitrogen and oxygen atoms in total. The molecule has 0 aromatic carbocycles.